The van der Waals surface area contributed by atoms with Gasteiger partial charge >= 0.3 is 0 Å². The van der Waals surface area contributed by atoms with E-state index in [0.717, 1.165) is 33.8 Å². The number of nitrogens with zero attached hydrogens (tertiary/aromatic N) is 1. The number of benzene rings is 1. The van der Waals surface area contributed by atoms with Crippen LogP contribution in [0.15, 0.2) is 24.3 Å². The fraction of sp³-hybridized carbons (Fsp3) is 0.333. The van der Waals surface area contributed by atoms with Gasteiger partial charge in [-0.25, -0.2) is 4.98 Å². The van der Waals surface area contributed by atoms with Crippen LogP contribution in [0.25, 0.3) is 10.6 Å². The molecule has 3 heteroatoms. The van der Waals surface area contributed by atoms with Gasteiger partial charge in [-0.05, 0) is 24.8 Å². The molecule has 0 aliphatic heterocycles. The highest BCUT2D eigenvalue weighted by Gasteiger charge is 2.09. The molecule has 0 saturated heterocycles. The number of aryl methyl sites for hydroxylation is 1. The maximum atomic E-state index is 10.8. The number of aromatic nitrogens is 1. The summed E-state index contributed by atoms with van der Waals surface area (Å²) in [6.45, 7) is 6.30. The second-order valence-electron chi connectivity index (χ2n) is 4.52. The standard InChI is InChI=1S/C15H17NOS/c1-4-10(2)12-5-7-13(8-6-12)15-16-11(3)14(9-17)18-15/h5-10H,4H2,1-3H3. The Kier molecular flexibility index (Phi) is 3.92. The normalized spacial score (nSPS) is 12.4. The summed E-state index contributed by atoms with van der Waals surface area (Å²) in [7, 11) is 0. The maximum absolute atomic E-state index is 10.8. The fourth-order valence-corrected chi connectivity index (χ4v) is 2.72. The minimum absolute atomic E-state index is 0.586. The first-order chi connectivity index (χ1) is 8.65. The number of carbonyl (C=O) groups excluding carboxylic acids is 1. The highest BCUT2D eigenvalue weighted by Crippen LogP contribution is 2.28. The van der Waals surface area contributed by atoms with Gasteiger partial charge in [0.2, 0.25) is 0 Å². The molecule has 2 rings (SSSR count). The minimum Gasteiger partial charge on any atom is -0.297 e. The molecule has 1 aromatic heterocycles. The zero-order chi connectivity index (χ0) is 13.1. The summed E-state index contributed by atoms with van der Waals surface area (Å²) in [6.07, 6.45) is 2.02. The van der Waals surface area contributed by atoms with Crippen molar-refractivity contribution in [2.45, 2.75) is 33.1 Å². The van der Waals surface area contributed by atoms with Crippen LogP contribution in [-0.2, 0) is 0 Å². The molecule has 18 heavy (non-hydrogen) atoms. The van der Waals surface area contributed by atoms with Crippen LogP contribution < -0.4 is 0 Å². The largest absolute Gasteiger partial charge is 0.297 e. The Labute approximate surface area is 112 Å². The van der Waals surface area contributed by atoms with Crippen molar-refractivity contribution in [2.24, 2.45) is 0 Å². The SMILES string of the molecule is CCC(C)c1ccc(-c2nc(C)c(C=O)s2)cc1. The number of rotatable bonds is 4. The van der Waals surface area contributed by atoms with Gasteiger partial charge in [-0.2, -0.15) is 0 Å². The molecule has 1 unspecified atom stereocenters. The summed E-state index contributed by atoms with van der Waals surface area (Å²) in [6, 6.07) is 8.49. The third-order valence-electron chi connectivity index (χ3n) is 3.28. The molecule has 0 aliphatic carbocycles. The van der Waals surface area contributed by atoms with Crippen molar-refractivity contribution in [3.8, 4) is 10.6 Å². The zero-order valence-corrected chi connectivity index (χ0v) is 11.8. The summed E-state index contributed by atoms with van der Waals surface area (Å²) in [5.74, 6) is 0.586. The van der Waals surface area contributed by atoms with Crippen molar-refractivity contribution in [1.82, 2.24) is 4.98 Å². The molecule has 1 atom stereocenters. The van der Waals surface area contributed by atoms with Crippen molar-refractivity contribution in [3.63, 3.8) is 0 Å². The Morgan fingerprint density at radius 1 is 1.33 bits per heavy atom. The summed E-state index contributed by atoms with van der Waals surface area (Å²) < 4.78 is 0. The third kappa shape index (κ3) is 2.51. The van der Waals surface area contributed by atoms with Crippen LogP contribution in [-0.4, -0.2) is 11.3 Å². The van der Waals surface area contributed by atoms with Crippen LogP contribution in [0.5, 0.6) is 0 Å². The lowest BCUT2D eigenvalue weighted by atomic mass is 9.98. The topological polar surface area (TPSA) is 30.0 Å². The summed E-state index contributed by atoms with van der Waals surface area (Å²) in [5, 5.41) is 0.922. The lowest BCUT2D eigenvalue weighted by Gasteiger charge is -2.08. The van der Waals surface area contributed by atoms with Crippen LogP contribution in [0.2, 0.25) is 0 Å². The minimum atomic E-state index is 0.586. The van der Waals surface area contributed by atoms with Gasteiger partial charge < -0.3 is 0 Å². The lowest BCUT2D eigenvalue weighted by molar-refractivity contribution is 0.112. The van der Waals surface area contributed by atoms with Gasteiger partial charge in [0.05, 0.1) is 10.6 Å². The monoisotopic (exact) mass is 259 g/mol. The highest BCUT2D eigenvalue weighted by atomic mass is 32.1. The van der Waals surface area contributed by atoms with E-state index in [1.54, 1.807) is 0 Å². The Morgan fingerprint density at radius 3 is 2.50 bits per heavy atom. The second kappa shape index (κ2) is 5.44. The van der Waals surface area contributed by atoms with Crippen molar-refractivity contribution in [1.29, 1.82) is 0 Å². The molecule has 0 N–H and O–H groups in total. The second-order valence-corrected chi connectivity index (χ2v) is 5.55. The maximum Gasteiger partial charge on any atom is 0.161 e. The number of hydrogen-bond donors (Lipinski definition) is 0. The molecule has 1 aromatic carbocycles. The first-order valence-electron chi connectivity index (χ1n) is 6.18. The first-order valence-corrected chi connectivity index (χ1v) is 7.00. The molecule has 0 amide bonds. The number of hydrogen-bond acceptors (Lipinski definition) is 3. The molecule has 0 saturated carbocycles. The molecule has 2 nitrogen and oxygen atoms in total. The quantitative estimate of drug-likeness (QED) is 0.759. The molecule has 2 aromatic rings. The molecule has 0 spiro atoms. The van der Waals surface area contributed by atoms with Crippen LogP contribution in [0.4, 0.5) is 0 Å². The highest BCUT2D eigenvalue weighted by molar-refractivity contribution is 7.16. The molecule has 0 fully saturated rings. The van der Waals surface area contributed by atoms with Crippen molar-refractivity contribution < 1.29 is 4.79 Å². The van der Waals surface area contributed by atoms with Crippen molar-refractivity contribution in [2.75, 3.05) is 0 Å². The molecule has 0 radical (unpaired) electrons. The average molecular weight is 259 g/mol. The molecule has 1 heterocycles. The van der Waals surface area contributed by atoms with E-state index in [9.17, 15) is 4.79 Å². The summed E-state index contributed by atoms with van der Waals surface area (Å²) in [4.78, 5) is 16.0. The Bertz CT molecular complexity index is 542. The van der Waals surface area contributed by atoms with E-state index < -0.39 is 0 Å². The van der Waals surface area contributed by atoms with Gasteiger partial charge in [-0.3, -0.25) is 4.79 Å². The van der Waals surface area contributed by atoms with Gasteiger partial charge in [0, 0.05) is 5.56 Å². The predicted molar refractivity (Wildman–Crippen MR) is 76.4 cm³/mol. The average Bonchev–Trinajstić information content (AvgIpc) is 2.79. The van der Waals surface area contributed by atoms with Crippen LogP contribution >= 0.6 is 11.3 Å². The predicted octanol–water partition coefficient (Wildman–Crippen LogP) is 4.44. The van der Waals surface area contributed by atoms with Crippen molar-refractivity contribution in [3.05, 3.63) is 40.4 Å². The summed E-state index contributed by atoms with van der Waals surface area (Å²) >= 11 is 1.45. The van der Waals surface area contributed by atoms with Crippen molar-refractivity contribution >= 4 is 17.6 Å². The van der Waals surface area contributed by atoms with Gasteiger partial charge in [-0.1, -0.05) is 38.1 Å². The number of carbonyl (C=O) groups is 1. The summed E-state index contributed by atoms with van der Waals surface area (Å²) in [5.41, 5.74) is 3.25. The Balaban J connectivity index is 2.31. The van der Waals surface area contributed by atoms with Crippen LogP contribution in [0, 0.1) is 6.92 Å². The Hall–Kier alpha value is -1.48. The fourth-order valence-electron chi connectivity index (χ4n) is 1.83. The van der Waals surface area contributed by atoms with Gasteiger partial charge in [-0.15, -0.1) is 11.3 Å². The molecule has 0 aliphatic rings. The van der Waals surface area contributed by atoms with E-state index in [2.05, 4.69) is 43.1 Å². The van der Waals surface area contributed by atoms with Gasteiger partial charge in [0.15, 0.2) is 6.29 Å². The third-order valence-corrected chi connectivity index (χ3v) is 4.41. The van der Waals surface area contributed by atoms with E-state index in [-0.39, 0.29) is 0 Å². The van der Waals surface area contributed by atoms with Gasteiger partial charge in [0.1, 0.15) is 5.01 Å². The molecular formula is C15H17NOS. The van der Waals surface area contributed by atoms with E-state index in [1.165, 1.54) is 16.9 Å². The van der Waals surface area contributed by atoms with E-state index in [1.807, 2.05) is 6.92 Å². The first kappa shape index (κ1) is 13.0. The smallest absolute Gasteiger partial charge is 0.161 e. The molecule has 94 valence electrons. The number of thiazole rings is 1. The molecular weight excluding hydrogens is 242 g/mol. The van der Waals surface area contributed by atoms with Gasteiger partial charge in [0.25, 0.3) is 0 Å². The van der Waals surface area contributed by atoms with E-state index in [0.29, 0.717) is 5.92 Å². The van der Waals surface area contributed by atoms with E-state index in [4.69, 9.17) is 0 Å². The molecule has 0 bridgehead atoms. The number of aldehydes is 1. The van der Waals surface area contributed by atoms with Crippen LogP contribution in [0.3, 0.4) is 0 Å². The zero-order valence-electron chi connectivity index (χ0n) is 10.9. The Morgan fingerprint density at radius 2 is 2.00 bits per heavy atom. The van der Waals surface area contributed by atoms with Crippen LogP contribution in [0.1, 0.15) is 47.1 Å². The lowest BCUT2D eigenvalue weighted by Crippen LogP contribution is -1.90. The van der Waals surface area contributed by atoms with E-state index >= 15 is 0 Å².